The van der Waals surface area contributed by atoms with Crippen molar-refractivity contribution in [3.05, 3.63) is 102 Å². The van der Waals surface area contributed by atoms with E-state index in [1.54, 1.807) is 18.3 Å². The van der Waals surface area contributed by atoms with Crippen LogP contribution >= 0.6 is 0 Å². The number of unbranched alkanes of at least 4 members (excludes halogenated alkanes) is 2. The first-order valence-corrected chi connectivity index (χ1v) is 14.0. The van der Waals surface area contributed by atoms with E-state index < -0.39 is 5.97 Å². The number of aromatic carboxylic acids is 1. The molecule has 41 heavy (non-hydrogen) atoms. The van der Waals surface area contributed by atoms with E-state index >= 15 is 0 Å². The quantitative estimate of drug-likeness (QED) is 0.171. The van der Waals surface area contributed by atoms with Gasteiger partial charge < -0.3 is 24.5 Å². The second-order valence-corrected chi connectivity index (χ2v) is 10.2. The van der Waals surface area contributed by atoms with Crippen LogP contribution in [0.25, 0.3) is 22.2 Å². The number of aryl methyl sites for hydroxylation is 3. The average Bonchev–Trinajstić information content (AvgIpc) is 3.62. The Kier molecular flexibility index (Phi) is 9.92. The first-order valence-electron chi connectivity index (χ1n) is 14.0. The van der Waals surface area contributed by atoms with Crippen molar-refractivity contribution >= 4 is 17.0 Å². The number of rotatable bonds is 13. The van der Waals surface area contributed by atoms with Crippen molar-refractivity contribution in [2.24, 2.45) is 0 Å². The molecule has 0 spiro atoms. The highest BCUT2D eigenvalue weighted by atomic mass is 16.5. The molecule has 0 aliphatic heterocycles. The van der Waals surface area contributed by atoms with Crippen molar-refractivity contribution in [2.75, 3.05) is 6.61 Å². The van der Waals surface area contributed by atoms with Gasteiger partial charge in [-0.05, 0) is 60.6 Å². The Morgan fingerprint density at radius 3 is 2.54 bits per heavy atom. The van der Waals surface area contributed by atoms with Gasteiger partial charge in [0.25, 0.3) is 0 Å². The molecule has 8 nitrogen and oxygen atoms in total. The van der Waals surface area contributed by atoms with Gasteiger partial charge >= 0.3 is 5.97 Å². The highest BCUT2D eigenvalue weighted by Crippen LogP contribution is 2.32. The molecule has 0 aliphatic rings. The number of fused-ring (bicyclic) bond motifs is 1. The van der Waals surface area contributed by atoms with Crippen molar-refractivity contribution in [3.8, 4) is 16.9 Å². The summed E-state index contributed by atoms with van der Waals surface area (Å²) in [6.07, 6.45) is 10.7. The Morgan fingerprint density at radius 2 is 1.80 bits per heavy atom. The fourth-order valence-electron chi connectivity index (χ4n) is 5.09. The van der Waals surface area contributed by atoms with Gasteiger partial charge in [0.15, 0.2) is 0 Å². The minimum absolute atomic E-state index is 0. The third-order valence-corrected chi connectivity index (χ3v) is 7.28. The number of carboxylic acid groups (broad SMARTS) is 1. The van der Waals surface area contributed by atoms with E-state index in [0.717, 1.165) is 83.5 Å². The lowest BCUT2D eigenvalue weighted by Crippen LogP contribution is -2.07. The van der Waals surface area contributed by atoms with Crippen LogP contribution in [-0.2, 0) is 19.5 Å². The number of nitrogens with zero attached hydrogens (tertiary/aromatic N) is 4. The van der Waals surface area contributed by atoms with Gasteiger partial charge in [-0.25, -0.2) is 14.8 Å². The van der Waals surface area contributed by atoms with Gasteiger partial charge in [-0.1, -0.05) is 61.9 Å². The molecule has 0 amide bonds. The molecular formula is C33H38N4O4. The minimum Gasteiger partial charge on any atom is -0.491 e. The highest BCUT2D eigenvalue weighted by molar-refractivity contribution is 5.96. The standard InChI is InChI=1S/C33H36N4O3.H2O/c1-3-4-11-30-35-31-24(2)12-17-29(40-21-8-7-19-36-20-18-34-23-36)32(31)37(30)22-25-13-15-26(16-14-25)27-9-5-6-10-28(27)33(38)39;/h5-6,9-10,12-18,20,23H,3-4,7-8,11,19,21-22H2,1-2H3,(H,38,39);1H2. The fourth-order valence-corrected chi connectivity index (χ4v) is 5.09. The Labute approximate surface area is 240 Å². The first kappa shape index (κ1) is 29.6. The smallest absolute Gasteiger partial charge is 0.336 e. The van der Waals surface area contributed by atoms with Crippen molar-refractivity contribution in [3.63, 3.8) is 0 Å². The van der Waals surface area contributed by atoms with E-state index in [0.29, 0.717) is 18.7 Å². The number of carboxylic acids is 1. The predicted molar refractivity (Wildman–Crippen MR) is 162 cm³/mol. The Hall–Kier alpha value is -4.43. The largest absolute Gasteiger partial charge is 0.491 e. The van der Waals surface area contributed by atoms with Crippen LogP contribution in [0.1, 0.15) is 59.9 Å². The van der Waals surface area contributed by atoms with Crippen molar-refractivity contribution in [2.45, 2.75) is 59.0 Å². The molecule has 0 bridgehead atoms. The topological polar surface area (TPSA) is 114 Å². The number of imidazole rings is 2. The Bertz CT molecular complexity index is 1570. The summed E-state index contributed by atoms with van der Waals surface area (Å²) in [5, 5.41) is 9.61. The van der Waals surface area contributed by atoms with Crippen LogP contribution in [0.4, 0.5) is 0 Å². The van der Waals surface area contributed by atoms with Crippen LogP contribution in [0.3, 0.4) is 0 Å². The molecular weight excluding hydrogens is 516 g/mol. The number of hydrogen-bond donors (Lipinski definition) is 1. The summed E-state index contributed by atoms with van der Waals surface area (Å²) in [7, 11) is 0. The van der Waals surface area contributed by atoms with Crippen molar-refractivity contribution in [1.29, 1.82) is 0 Å². The van der Waals surface area contributed by atoms with Crippen molar-refractivity contribution in [1.82, 2.24) is 19.1 Å². The van der Waals surface area contributed by atoms with Gasteiger partial charge in [0.1, 0.15) is 17.1 Å². The van der Waals surface area contributed by atoms with E-state index in [1.165, 1.54) is 0 Å². The maximum atomic E-state index is 11.7. The van der Waals surface area contributed by atoms with Crippen LogP contribution in [-0.4, -0.2) is 42.3 Å². The highest BCUT2D eigenvalue weighted by Gasteiger charge is 2.18. The summed E-state index contributed by atoms with van der Waals surface area (Å²) in [6.45, 7) is 6.53. The van der Waals surface area contributed by atoms with Gasteiger partial charge in [-0.3, -0.25) is 0 Å². The molecule has 0 aliphatic carbocycles. The molecule has 2 aromatic heterocycles. The van der Waals surface area contributed by atoms with Gasteiger partial charge in [-0.15, -0.1) is 0 Å². The summed E-state index contributed by atoms with van der Waals surface area (Å²) >= 11 is 0. The van der Waals surface area contributed by atoms with Crippen LogP contribution < -0.4 is 4.74 Å². The van der Waals surface area contributed by atoms with Crippen LogP contribution in [0, 0.1) is 6.92 Å². The third kappa shape index (κ3) is 6.84. The third-order valence-electron chi connectivity index (χ3n) is 7.28. The second kappa shape index (κ2) is 13.8. The number of ether oxygens (including phenoxy) is 1. The summed E-state index contributed by atoms with van der Waals surface area (Å²) in [5.74, 6) is 1.01. The van der Waals surface area contributed by atoms with E-state index in [1.807, 2.05) is 36.8 Å². The van der Waals surface area contributed by atoms with Gasteiger partial charge in [0.2, 0.25) is 0 Å². The molecule has 0 atom stereocenters. The van der Waals surface area contributed by atoms with Gasteiger partial charge in [0, 0.05) is 31.9 Å². The van der Waals surface area contributed by atoms with E-state index in [4.69, 9.17) is 9.72 Å². The zero-order chi connectivity index (χ0) is 27.9. The SMILES string of the molecule is CCCCc1nc2c(C)ccc(OCCCCn3ccnc3)c2n1Cc1ccc(-c2ccccc2C(=O)O)cc1.O. The zero-order valence-electron chi connectivity index (χ0n) is 23.7. The summed E-state index contributed by atoms with van der Waals surface area (Å²) in [6, 6.07) is 19.5. The average molecular weight is 555 g/mol. The molecule has 3 N–H and O–H groups in total. The molecule has 214 valence electrons. The molecule has 0 fully saturated rings. The molecule has 3 aromatic carbocycles. The number of aromatic nitrogens is 4. The number of hydrogen-bond acceptors (Lipinski definition) is 4. The first-order chi connectivity index (χ1) is 19.5. The monoisotopic (exact) mass is 554 g/mol. The summed E-state index contributed by atoms with van der Waals surface area (Å²) < 4.78 is 10.8. The van der Waals surface area contributed by atoms with Gasteiger partial charge in [-0.2, -0.15) is 0 Å². The van der Waals surface area contributed by atoms with E-state index in [-0.39, 0.29) is 5.48 Å². The molecule has 2 heterocycles. The van der Waals surface area contributed by atoms with Crippen molar-refractivity contribution < 1.29 is 20.1 Å². The molecule has 5 rings (SSSR count). The molecule has 0 unspecified atom stereocenters. The zero-order valence-corrected chi connectivity index (χ0v) is 23.7. The van der Waals surface area contributed by atoms with Crippen LogP contribution in [0.15, 0.2) is 79.4 Å². The van der Waals surface area contributed by atoms with E-state index in [2.05, 4.69) is 52.2 Å². The Balaban J connectivity index is 0.00000387. The molecule has 5 aromatic rings. The van der Waals surface area contributed by atoms with Crippen LogP contribution in [0.2, 0.25) is 0 Å². The molecule has 0 saturated carbocycles. The molecule has 0 saturated heterocycles. The normalized spacial score (nSPS) is 11.0. The lowest BCUT2D eigenvalue weighted by atomic mass is 9.98. The lowest BCUT2D eigenvalue weighted by molar-refractivity contribution is 0.0697. The van der Waals surface area contributed by atoms with Gasteiger partial charge in [0.05, 0.1) is 24.0 Å². The molecule has 0 radical (unpaired) electrons. The fraction of sp³-hybridized carbons (Fsp3) is 0.303. The van der Waals surface area contributed by atoms with E-state index in [9.17, 15) is 9.90 Å². The molecule has 8 heteroatoms. The summed E-state index contributed by atoms with van der Waals surface area (Å²) in [4.78, 5) is 20.9. The maximum absolute atomic E-state index is 11.7. The minimum atomic E-state index is -0.922. The van der Waals surface area contributed by atoms with Crippen LogP contribution in [0.5, 0.6) is 5.75 Å². The lowest BCUT2D eigenvalue weighted by Gasteiger charge is -2.14. The summed E-state index contributed by atoms with van der Waals surface area (Å²) in [5.41, 5.74) is 6.22. The Morgan fingerprint density at radius 1 is 1.00 bits per heavy atom. The maximum Gasteiger partial charge on any atom is 0.336 e. The number of carbonyl (C=O) groups is 1. The predicted octanol–water partition coefficient (Wildman–Crippen LogP) is 6.33. The second-order valence-electron chi connectivity index (χ2n) is 10.2. The number of benzene rings is 3.